The summed E-state index contributed by atoms with van der Waals surface area (Å²) < 4.78 is 0. The molecule has 4 nitrogen and oxygen atoms in total. The second-order valence-corrected chi connectivity index (χ2v) is 7.18. The Bertz CT molecular complexity index is 1180. The molecule has 4 aromatic rings. The van der Waals surface area contributed by atoms with Crippen LogP contribution in [-0.2, 0) is 0 Å². The fourth-order valence-corrected chi connectivity index (χ4v) is 3.93. The molecule has 138 valence electrons. The first-order valence-corrected chi connectivity index (χ1v) is 9.74. The molecule has 0 aliphatic heterocycles. The third-order valence-corrected chi connectivity index (χ3v) is 5.34. The Labute approximate surface area is 163 Å². The maximum absolute atomic E-state index is 10.8. The van der Waals surface area contributed by atoms with E-state index >= 15 is 0 Å². The molecule has 4 heteroatoms. The molecule has 3 aromatic carbocycles. The van der Waals surface area contributed by atoms with Crippen molar-refractivity contribution in [3.05, 3.63) is 78.5 Å². The van der Waals surface area contributed by atoms with Gasteiger partial charge >= 0.3 is 0 Å². The molecule has 0 saturated heterocycles. The normalized spacial score (nSPS) is 14.2. The number of para-hydroxylation sites is 1. The van der Waals surface area contributed by atoms with E-state index in [2.05, 4.69) is 12.1 Å². The van der Waals surface area contributed by atoms with Crippen LogP contribution in [0.3, 0.4) is 0 Å². The highest BCUT2D eigenvalue weighted by molar-refractivity contribution is 6.00. The summed E-state index contributed by atoms with van der Waals surface area (Å²) in [6, 6.07) is 21.7. The first-order chi connectivity index (χ1) is 13.8. The molecule has 0 unspecified atom stereocenters. The van der Waals surface area contributed by atoms with Crippen molar-refractivity contribution in [2.24, 2.45) is 0 Å². The molecular formula is C24H21N3O. The first kappa shape index (κ1) is 16.8. The lowest BCUT2D eigenvalue weighted by Gasteiger charge is -2.13. The fraction of sp³-hybridized carbons (Fsp3) is 0.167. The Balaban J connectivity index is 1.78. The standard InChI is InChI=1S/C24H21N3O/c28-21-16-15-17-9-7-8-14-20(17)22(21)24-23(18-10-3-1-4-11-18)25-27(26-24)19-12-5-2-6-13-19/h2,5-10,12-16,28H,1,3-4,11H2. The number of phenols is 1. The summed E-state index contributed by atoms with van der Waals surface area (Å²) in [6.07, 6.45) is 6.70. The van der Waals surface area contributed by atoms with Gasteiger partial charge in [0.25, 0.3) is 0 Å². The second-order valence-electron chi connectivity index (χ2n) is 7.18. The van der Waals surface area contributed by atoms with Crippen LogP contribution in [0.5, 0.6) is 5.75 Å². The minimum absolute atomic E-state index is 0.233. The van der Waals surface area contributed by atoms with Gasteiger partial charge in [0.05, 0.1) is 11.3 Å². The third-order valence-electron chi connectivity index (χ3n) is 5.34. The van der Waals surface area contributed by atoms with E-state index in [-0.39, 0.29) is 5.75 Å². The summed E-state index contributed by atoms with van der Waals surface area (Å²) in [7, 11) is 0. The van der Waals surface area contributed by atoms with Crippen molar-refractivity contribution in [1.29, 1.82) is 0 Å². The highest BCUT2D eigenvalue weighted by atomic mass is 16.3. The number of aromatic hydroxyl groups is 1. The zero-order valence-corrected chi connectivity index (χ0v) is 15.5. The molecule has 5 rings (SSSR count). The number of benzene rings is 3. The minimum Gasteiger partial charge on any atom is -0.507 e. The largest absolute Gasteiger partial charge is 0.507 e. The number of nitrogens with zero attached hydrogens (tertiary/aromatic N) is 3. The predicted octanol–water partition coefficient (Wildman–Crippen LogP) is 5.75. The number of phenolic OH excluding ortho intramolecular Hbond substituents is 1. The molecule has 1 N–H and O–H groups in total. The van der Waals surface area contributed by atoms with Crippen LogP contribution >= 0.6 is 0 Å². The van der Waals surface area contributed by atoms with E-state index in [0.29, 0.717) is 0 Å². The van der Waals surface area contributed by atoms with Crippen LogP contribution in [0.15, 0.2) is 72.8 Å². The van der Waals surface area contributed by atoms with Gasteiger partial charge in [0.15, 0.2) is 0 Å². The number of allylic oxidation sites excluding steroid dienone is 2. The third kappa shape index (κ3) is 2.87. The van der Waals surface area contributed by atoms with E-state index in [9.17, 15) is 5.11 Å². The zero-order chi connectivity index (χ0) is 18.9. The van der Waals surface area contributed by atoms with Crippen molar-refractivity contribution in [3.8, 4) is 22.7 Å². The summed E-state index contributed by atoms with van der Waals surface area (Å²) in [5, 5.41) is 22.5. The fourth-order valence-electron chi connectivity index (χ4n) is 3.93. The predicted molar refractivity (Wildman–Crippen MR) is 112 cm³/mol. The molecule has 0 amide bonds. The summed E-state index contributed by atoms with van der Waals surface area (Å²) in [6.45, 7) is 0. The van der Waals surface area contributed by atoms with E-state index < -0.39 is 0 Å². The molecule has 0 fully saturated rings. The Morgan fingerprint density at radius 3 is 2.39 bits per heavy atom. The molecule has 1 aliphatic rings. The van der Waals surface area contributed by atoms with Crippen LogP contribution < -0.4 is 0 Å². The summed E-state index contributed by atoms with van der Waals surface area (Å²) in [4.78, 5) is 1.68. The van der Waals surface area contributed by atoms with Crippen molar-refractivity contribution in [1.82, 2.24) is 15.0 Å². The summed E-state index contributed by atoms with van der Waals surface area (Å²) in [5.74, 6) is 0.233. The first-order valence-electron chi connectivity index (χ1n) is 9.74. The lowest BCUT2D eigenvalue weighted by molar-refractivity contribution is 0.478. The number of aromatic nitrogens is 3. The monoisotopic (exact) mass is 367 g/mol. The van der Waals surface area contributed by atoms with Gasteiger partial charge in [-0.05, 0) is 60.2 Å². The van der Waals surface area contributed by atoms with Gasteiger partial charge in [-0.2, -0.15) is 4.80 Å². The number of fused-ring (bicyclic) bond motifs is 1. The van der Waals surface area contributed by atoms with E-state index in [0.717, 1.165) is 52.7 Å². The van der Waals surface area contributed by atoms with Gasteiger partial charge in [-0.25, -0.2) is 0 Å². The van der Waals surface area contributed by atoms with Crippen molar-refractivity contribution in [2.75, 3.05) is 0 Å². The van der Waals surface area contributed by atoms with E-state index in [1.807, 2.05) is 54.6 Å². The van der Waals surface area contributed by atoms with E-state index in [1.54, 1.807) is 10.9 Å². The number of rotatable bonds is 3. The Hall–Kier alpha value is -3.40. The molecule has 28 heavy (non-hydrogen) atoms. The molecule has 0 bridgehead atoms. The Kier molecular flexibility index (Phi) is 4.17. The Morgan fingerprint density at radius 1 is 0.786 bits per heavy atom. The lowest BCUT2D eigenvalue weighted by atomic mass is 9.93. The van der Waals surface area contributed by atoms with Crippen molar-refractivity contribution in [3.63, 3.8) is 0 Å². The quantitative estimate of drug-likeness (QED) is 0.501. The van der Waals surface area contributed by atoms with Gasteiger partial charge in [-0.3, -0.25) is 0 Å². The molecule has 0 saturated carbocycles. The summed E-state index contributed by atoms with van der Waals surface area (Å²) in [5.41, 5.74) is 4.49. The minimum atomic E-state index is 0.233. The van der Waals surface area contributed by atoms with Crippen LogP contribution in [-0.4, -0.2) is 20.1 Å². The Morgan fingerprint density at radius 2 is 1.57 bits per heavy atom. The van der Waals surface area contributed by atoms with Crippen LogP contribution in [0.4, 0.5) is 0 Å². The van der Waals surface area contributed by atoms with Crippen molar-refractivity contribution in [2.45, 2.75) is 25.7 Å². The molecule has 1 aromatic heterocycles. The van der Waals surface area contributed by atoms with Crippen LogP contribution in [0, 0.1) is 0 Å². The number of hydrogen-bond donors (Lipinski definition) is 1. The van der Waals surface area contributed by atoms with Gasteiger partial charge < -0.3 is 5.11 Å². The van der Waals surface area contributed by atoms with E-state index in [4.69, 9.17) is 10.2 Å². The van der Waals surface area contributed by atoms with Gasteiger partial charge in [-0.15, -0.1) is 10.2 Å². The molecule has 1 heterocycles. The van der Waals surface area contributed by atoms with Crippen LogP contribution in [0.2, 0.25) is 0 Å². The average molecular weight is 367 g/mol. The average Bonchev–Trinajstić information content (AvgIpc) is 3.20. The topological polar surface area (TPSA) is 50.9 Å². The van der Waals surface area contributed by atoms with Crippen LogP contribution in [0.25, 0.3) is 33.3 Å². The van der Waals surface area contributed by atoms with Gasteiger partial charge in [-0.1, -0.05) is 54.6 Å². The van der Waals surface area contributed by atoms with Gasteiger partial charge in [0, 0.05) is 0 Å². The highest BCUT2D eigenvalue weighted by Crippen LogP contribution is 2.40. The maximum Gasteiger partial charge on any atom is 0.125 e. The molecule has 0 atom stereocenters. The van der Waals surface area contributed by atoms with Crippen molar-refractivity contribution >= 4 is 16.3 Å². The lowest BCUT2D eigenvalue weighted by Crippen LogP contribution is -1.99. The molecule has 0 radical (unpaired) electrons. The molecule has 0 spiro atoms. The zero-order valence-electron chi connectivity index (χ0n) is 15.5. The SMILES string of the molecule is Oc1ccc2ccccc2c1-c1nn(-c2ccccc2)nc1C1=CCCCC1. The molecular weight excluding hydrogens is 346 g/mol. The molecule has 1 aliphatic carbocycles. The smallest absolute Gasteiger partial charge is 0.125 e. The van der Waals surface area contributed by atoms with Gasteiger partial charge in [0.1, 0.15) is 17.1 Å². The van der Waals surface area contributed by atoms with Gasteiger partial charge in [0.2, 0.25) is 0 Å². The maximum atomic E-state index is 10.8. The van der Waals surface area contributed by atoms with Crippen molar-refractivity contribution < 1.29 is 5.11 Å². The second kappa shape index (κ2) is 6.97. The van der Waals surface area contributed by atoms with Crippen LogP contribution in [0.1, 0.15) is 31.4 Å². The van der Waals surface area contributed by atoms with E-state index in [1.165, 1.54) is 12.0 Å². The number of hydrogen-bond acceptors (Lipinski definition) is 3. The highest BCUT2D eigenvalue weighted by Gasteiger charge is 2.22. The summed E-state index contributed by atoms with van der Waals surface area (Å²) >= 11 is 0.